The summed E-state index contributed by atoms with van der Waals surface area (Å²) < 4.78 is 5.88. The van der Waals surface area contributed by atoms with Crippen LogP contribution in [0.2, 0.25) is 0 Å². The summed E-state index contributed by atoms with van der Waals surface area (Å²) in [6, 6.07) is 17.4. The van der Waals surface area contributed by atoms with Crippen molar-refractivity contribution in [3.8, 4) is 11.5 Å². The number of nitrogens with zero attached hydrogens (tertiary/aromatic N) is 3. The number of benzene rings is 2. The predicted molar refractivity (Wildman–Crippen MR) is 115 cm³/mol. The summed E-state index contributed by atoms with van der Waals surface area (Å²) in [7, 11) is 0. The topological polar surface area (TPSA) is 45.1 Å². The minimum Gasteiger partial charge on any atom is -0.457 e. The number of thioether (sulfide) groups is 1. The van der Waals surface area contributed by atoms with Crippen molar-refractivity contribution in [3.05, 3.63) is 65.1 Å². The van der Waals surface area contributed by atoms with Crippen molar-refractivity contribution in [2.75, 3.05) is 32.7 Å². The maximum absolute atomic E-state index is 12.4. The predicted octanol–water partition coefficient (Wildman–Crippen LogP) is 4.09. The monoisotopic (exact) mass is 393 g/mol. The Morgan fingerprint density at radius 1 is 1.04 bits per heavy atom. The largest absolute Gasteiger partial charge is 0.457 e. The van der Waals surface area contributed by atoms with Crippen LogP contribution < -0.4 is 4.74 Å². The molecule has 2 aromatic carbocycles. The molecule has 4 rings (SSSR count). The molecule has 0 aromatic heterocycles. The smallest absolute Gasteiger partial charge is 0.286 e. The van der Waals surface area contributed by atoms with Gasteiger partial charge in [0.15, 0.2) is 5.17 Å². The Hall–Kier alpha value is -2.57. The average molecular weight is 394 g/mol. The van der Waals surface area contributed by atoms with Crippen LogP contribution in [0.1, 0.15) is 12.5 Å². The van der Waals surface area contributed by atoms with Crippen LogP contribution in [0.4, 0.5) is 0 Å². The quantitative estimate of drug-likeness (QED) is 0.732. The van der Waals surface area contributed by atoms with Crippen molar-refractivity contribution in [3.63, 3.8) is 0 Å². The standard InChI is InChI=1S/C22H23N3O2S/c1-2-24-11-13-25(14-12-24)22-23-21(26)20(28-22)16-17-7-6-10-19(15-17)27-18-8-4-3-5-9-18/h3-10,15-16H,2,11-14H2,1H3. The number of rotatable bonds is 4. The maximum atomic E-state index is 12.4. The number of likely N-dealkylation sites (N-methyl/N-ethyl adjacent to an activating group) is 1. The molecule has 144 valence electrons. The second-order valence-electron chi connectivity index (χ2n) is 6.72. The number of hydrogen-bond donors (Lipinski definition) is 0. The molecule has 0 spiro atoms. The van der Waals surface area contributed by atoms with Gasteiger partial charge in [0.05, 0.1) is 4.91 Å². The Morgan fingerprint density at radius 3 is 2.54 bits per heavy atom. The first kappa shape index (κ1) is 18.8. The molecule has 28 heavy (non-hydrogen) atoms. The lowest BCUT2D eigenvalue weighted by Gasteiger charge is -2.34. The van der Waals surface area contributed by atoms with E-state index < -0.39 is 0 Å². The van der Waals surface area contributed by atoms with Gasteiger partial charge in [0, 0.05) is 26.2 Å². The van der Waals surface area contributed by atoms with Gasteiger partial charge in [-0.3, -0.25) is 4.79 Å². The number of piperazine rings is 1. The number of para-hydroxylation sites is 1. The summed E-state index contributed by atoms with van der Waals surface area (Å²) in [5, 5.41) is 0.823. The van der Waals surface area contributed by atoms with Crippen molar-refractivity contribution in [2.45, 2.75) is 6.92 Å². The molecule has 0 saturated carbocycles. The number of amidine groups is 1. The molecule has 0 radical (unpaired) electrons. The zero-order valence-corrected chi connectivity index (χ0v) is 16.7. The second-order valence-corrected chi connectivity index (χ2v) is 7.73. The fourth-order valence-corrected chi connectivity index (χ4v) is 4.20. The summed E-state index contributed by atoms with van der Waals surface area (Å²) in [6.07, 6.45) is 1.89. The lowest BCUT2D eigenvalue weighted by Crippen LogP contribution is -2.47. The molecule has 6 heteroatoms. The van der Waals surface area contributed by atoms with Gasteiger partial charge >= 0.3 is 0 Å². The lowest BCUT2D eigenvalue weighted by atomic mass is 10.2. The van der Waals surface area contributed by atoms with Gasteiger partial charge in [-0.2, -0.15) is 4.99 Å². The zero-order chi connectivity index (χ0) is 19.3. The van der Waals surface area contributed by atoms with E-state index in [9.17, 15) is 4.79 Å². The van der Waals surface area contributed by atoms with E-state index in [1.807, 2.05) is 60.7 Å². The molecular weight excluding hydrogens is 370 g/mol. The molecule has 2 aliphatic heterocycles. The zero-order valence-electron chi connectivity index (χ0n) is 15.9. The van der Waals surface area contributed by atoms with Crippen LogP contribution in [-0.2, 0) is 4.79 Å². The fourth-order valence-electron chi connectivity index (χ4n) is 3.23. The first-order valence-corrected chi connectivity index (χ1v) is 10.4. The normalized spacial score (nSPS) is 19.2. The second kappa shape index (κ2) is 8.63. The third kappa shape index (κ3) is 4.46. The summed E-state index contributed by atoms with van der Waals surface area (Å²) in [6.45, 7) is 7.11. The minimum atomic E-state index is -0.160. The first-order chi connectivity index (χ1) is 13.7. The Kier molecular flexibility index (Phi) is 5.78. The average Bonchev–Trinajstić information content (AvgIpc) is 3.09. The number of carbonyl (C=O) groups is 1. The number of carbonyl (C=O) groups excluding carboxylic acids is 1. The third-order valence-electron chi connectivity index (χ3n) is 4.83. The van der Waals surface area contributed by atoms with Gasteiger partial charge in [-0.05, 0) is 54.2 Å². The third-order valence-corrected chi connectivity index (χ3v) is 5.88. The van der Waals surface area contributed by atoms with Gasteiger partial charge in [-0.25, -0.2) is 0 Å². The molecule has 5 nitrogen and oxygen atoms in total. The maximum Gasteiger partial charge on any atom is 0.286 e. The summed E-state index contributed by atoms with van der Waals surface area (Å²) >= 11 is 1.47. The summed E-state index contributed by atoms with van der Waals surface area (Å²) in [5.74, 6) is 1.37. The Balaban J connectivity index is 1.44. The molecule has 2 aliphatic rings. The molecule has 1 amide bonds. The van der Waals surface area contributed by atoms with Crippen LogP contribution in [0, 0.1) is 0 Å². The molecule has 0 unspecified atom stereocenters. The van der Waals surface area contributed by atoms with E-state index in [0.717, 1.165) is 55.0 Å². The van der Waals surface area contributed by atoms with Crippen molar-refractivity contribution in [1.29, 1.82) is 0 Å². The van der Waals surface area contributed by atoms with E-state index >= 15 is 0 Å². The minimum absolute atomic E-state index is 0.160. The van der Waals surface area contributed by atoms with Gasteiger partial charge in [0.25, 0.3) is 5.91 Å². The SMILES string of the molecule is CCN1CCN(C2=NC(=O)C(=Cc3cccc(Oc4ccccc4)c3)S2)CC1. The Labute approximate surface area is 169 Å². The van der Waals surface area contributed by atoms with Crippen LogP contribution in [0.25, 0.3) is 6.08 Å². The molecule has 0 aliphatic carbocycles. The lowest BCUT2D eigenvalue weighted by molar-refractivity contribution is -0.113. The van der Waals surface area contributed by atoms with E-state index in [0.29, 0.717) is 4.91 Å². The Bertz CT molecular complexity index is 903. The van der Waals surface area contributed by atoms with Crippen LogP contribution in [0.5, 0.6) is 11.5 Å². The van der Waals surface area contributed by atoms with Crippen LogP contribution >= 0.6 is 11.8 Å². The highest BCUT2D eigenvalue weighted by Crippen LogP contribution is 2.31. The van der Waals surface area contributed by atoms with Crippen molar-refractivity contribution in [2.24, 2.45) is 4.99 Å². The number of hydrogen-bond acceptors (Lipinski definition) is 5. The van der Waals surface area contributed by atoms with Crippen molar-refractivity contribution < 1.29 is 9.53 Å². The van der Waals surface area contributed by atoms with Gasteiger partial charge < -0.3 is 14.5 Å². The van der Waals surface area contributed by atoms with Gasteiger partial charge in [-0.1, -0.05) is 37.3 Å². The van der Waals surface area contributed by atoms with Crippen LogP contribution in [0.3, 0.4) is 0 Å². The number of amides is 1. The van der Waals surface area contributed by atoms with E-state index in [-0.39, 0.29) is 5.91 Å². The number of aliphatic imine (C=N–C) groups is 1. The molecule has 0 atom stereocenters. The molecule has 0 N–H and O–H groups in total. The number of ether oxygens (including phenoxy) is 1. The van der Waals surface area contributed by atoms with Gasteiger partial charge in [0.2, 0.25) is 0 Å². The highest BCUT2D eigenvalue weighted by Gasteiger charge is 2.28. The van der Waals surface area contributed by atoms with Gasteiger partial charge in [0.1, 0.15) is 11.5 Å². The van der Waals surface area contributed by atoms with E-state index in [2.05, 4.69) is 21.7 Å². The fraction of sp³-hybridized carbons (Fsp3) is 0.273. The van der Waals surface area contributed by atoms with E-state index in [1.54, 1.807) is 0 Å². The van der Waals surface area contributed by atoms with Crippen molar-refractivity contribution in [1.82, 2.24) is 9.80 Å². The van der Waals surface area contributed by atoms with Gasteiger partial charge in [-0.15, -0.1) is 0 Å². The van der Waals surface area contributed by atoms with Crippen LogP contribution in [-0.4, -0.2) is 53.6 Å². The summed E-state index contributed by atoms with van der Waals surface area (Å²) in [4.78, 5) is 21.9. The van der Waals surface area contributed by atoms with Crippen molar-refractivity contribution >= 4 is 28.9 Å². The molecular formula is C22H23N3O2S. The first-order valence-electron chi connectivity index (χ1n) is 9.54. The highest BCUT2D eigenvalue weighted by atomic mass is 32.2. The molecule has 2 aromatic rings. The van der Waals surface area contributed by atoms with E-state index in [4.69, 9.17) is 4.74 Å². The summed E-state index contributed by atoms with van der Waals surface area (Å²) in [5.41, 5.74) is 0.927. The molecule has 1 saturated heterocycles. The molecule has 2 heterocycles. The van der Waals surface area contributed by atoms with Crippen LogP contribution in [0.15, 0.2) is 64.5 Å². The highest BCUT2D eigenvalue weighted by molar-refractivity contribution is 8.18. The molecule has 0 bridgehead atoms. The van der Waals surface area contributed by atoms with E-state index in [1.165, 1.54) is 11.8 Å². The molecule has 1 fully saturated rings. The Morgan fingerprint density at radius 2 is 1.79 bits per heavy atom.